The molecule has 96 valence electrons. The van der Waals surface area contributed by atoms with E-state index in [1.807, 2.05) is 19.1 Å². The van der Waals surface area contributed by atoms with Gasteiger partial charge in [0.1, 0.15) is 5.76 Å². The third-order valence-corrected chi connectivity index (χ3v) is 2.52. The largest absolute Gasteiger partial charge is 0.476 e. The van der Waals surface area contributed by atoms with Gasteiger partial charge in [0, 0.05) is 6.54 Å². The van der Waals surface area contributed by atoms with E-state index in [9.17, 15) is 4.79 Å². The van der Waals surface area contributed by atoms with Crippen molar-refractivity contribution in [3.05, 3.63) is 36.0 Å². The Kier molecular flexibility index (Phi) is 3.73. The third kappa shape index (κ3) is 2.95. The van der Waals surface area contributed by atoms with Crippen molar-refractivity contribution in [2.24, 2.45) is 0 Å². The first-order valence-electron chi connectivity index (χ1n) is 5.57. The van der Waals surface area contributed by atoms with E-state index in [1.165, 1.54) is 10.9 Å². The van der Waals surface area contributed by atoms with Gasteiger partial charge in [-0.3, -0.25) is 4.68 Å². The summed E-state index contributed by atoms with van der Waals surface area (Å²) in [6.07, 6.45) is 3.03. The smallest absolute Gasteiger partial charge is 0.358 e. The Balaban J connectivity index is 1.79. The number of furan rings is 1. The predicted octanol–water partition coefficient (Wildman–Crippen LogP) is 0.920. The van der Waals surface area contributed by atoms with Crippen molar-refractivity contribution in [1.29, 1.82) is 0 Å². The molecule has 0 saturated heterocycles. The van der Waals surface area contributed by atoms with E-state index in [0.717, 1.165) is 5.76 Å². The number of aromatic carboxylic acids is 1. The SMILES string of the molecule is C[C@@H](NCCn1cc(C(=O)O)nn1)c1ccco1. The van der Waals surface area contributed by atoms with Gasteiger partial charge in [0.25, 0.3) is 0 Å². The molecule has 0 fully saturated rings. The quantitative estimate of drug-likeness (QED) is 0.791. The van der Waals surface area contributed by atoms with Crippen molar-refractivity contribution >= 4 is 5.97 Å². The van der Waals surface area contributed by atoms with Crippen LogP contribution in [0.25, 0.3) is 0 Å². The monoisotopic (exact) mass is 250 g/mol. The zero-order valence-corrected chi connectivity index (χ0v) is 9.91. The van der Waals surface area contributed by atoms with E-state index in [2.05, 4.69) is 15.6 Å². The molecule has 2 N–H and O–H groups in total. The summed E-state index contributed by atoms with van der Waals surface area (Å²) in [5.41, 5.74) is -0.0471. The van der Waals surface area contributed by atoms with Gasteiger partial charge in [-0.1, -0.05) is 5.21 Å². The summed E-state index contributed by atoms with van der Waals surface area (Å²) in [6.45, 7) is 3.18. The summed E-state index contributed by atoms with van der Waals surface area (Å²) in [5.74, 6) is -0.210. The van der Waals surface area contributed by atoms with E-state index >= 15 is 0 Å². The maximum Gasteiger partial charge on any atom is 0.358 e. The first kappa shape index (κ1) is 12.3. The summed E-state index contributed by atoms with van der Waals surface area (Å²) >= 11 is 0. The highest BCUT2D eigenvalue weighted by molar-refractivity contribution is 5.84. The Morgan fingerprint density at radius 2 is 2.50 bits per heavy atom. The van der Waals surface area contributed by atoms with E-state index in [-0.39, 0.29) is 11.7 Å². The molecular weight excluding hydrogens is 236 g/mol. The van der Waals surface area contributed by atoms with Crippen molar-refractivity contribution in [1.82, 2.24) is 20.3 Å². The lowest BCUT2D eigenvalue weighted by atomic mass is 10.2. The van der Waals surface area contributed by atoms with Crippen LogP contribution in [0.5, 0.6) is 0 Å². The summed E-state index contributed by atoms with van der Waals surface area (Å²) in [4.78, 5) is 10.6. The van der Waals surface area contributed by atoms with Crippen LogP contribution in [0.4, 0.5) is 0 Å². The Morgan fingerprint density at radius 1 is 1.67 bits per heavy atom. The molecule has 0 aromatic carbocycles. The lowest BCUT2D eigenvalue weighted by molar-refractivity contribution is 0.0690. The zero-order chi connectivity index (χ0) is 13.0. The van der Waals surface area contributed by atoms with Crippen molar-refractivity contribution in [2.75, 3.05) is 6.54 Å². The number of hydrogen-bond acceptors (Lipinski definition) is 5. The molecule has 0 unspecified atom stereocenters. The minimum Gasteiger partial charge on any atom is -0.476 e. The lowest BCUT2D eigenvalue weighted by Crippen LogP contribution is -2.23. The Bertz CT molecular complexity index is 506. The van der Waals surface area contributed by atoms with Crippen LogP contribution in [-0.2, 0) is 6.54 Å². The molecular formula is C11H14N4O3. The maximum absolute atomic E-state index is 10.6. The van der Waals surface area contributed by atoms with Gasteiger partial charge in [0.05, 0.1) is 25.0 Å². The van der Waals surface area contributed by atoms with E-state index < -0.39 is 5.97 Å². The fraction of sp³-hybridized carbons (Fsp3) is 0.364. The second kappa shape index (κ2) is 5.46. The molecule has 0 radical (unpaired) electrons. The zero-order valence-electron chi connectivity index (χ0n) is 9.91. The number of hydrogen-bond donors (Lipinski definition) is 2. The average Bonchev–Trinajstić information content (AvgIpc) is 3.00. The van der Waals surface area contributed by atoms with Gasteiger partial charge < -0.3 is 14.8 Å². The molecule has 0 aliphatic carbocycles. The van der Waals surface area contributed by atoms with E-state index in [4.69, 9.17) is 9.52 Å². The molecule has 2 aromatic heterocycles. The van der Waals surface area contributed by atoms with Crippen LogP contribution in [0.15, 0.2) is 29.0 Å². The maximum atomic E-state index is 10.6. The molecule has 0 aliphatic rings. The Labute approximate surface area is 103 Å². The molecule has 2 aromatic rings. The average molecular weight is 250 g/mol. The molecule has 7 nitrogen and oxygen atoms in total. The van der Waals surface area contributed by atoms with Crippen molar-refractivity contribution < 1.29 is 14.3 Å². The number of rotatable bonds is 6. The summed E-state index contributed by atoms with van der Waals surface area (Å²) in [6, 6.07) is 3.84. The van der Waals surface area contributed by atoms with Gasteiger partial charge in [-0.2, -0.15) is 0 Å². The molecule has 0 spiro atoms. The topological polar surface area (TPSA) is 93.2 Å². The molecule has 18 heavy (non-hydrogen) atoms. The van der Waals surface area contributed by atoms with Crippen LogP contribution < -0.4 is 5.32 Å². The molecule has 2 heterocycles. The molecule has 0 bridgehead atoms. The van der Waals surface area contributed by atoms with E-state index in [0.29, 0.717) is 13.1 Å². The van der Waals surface area contributed by atoms with Crippen LogP contribution >= 0.6 is 0 Å². The van der Waals surface area contributed by atoms with Crippen LogP contribution in [-0.4, -0.2) is 32.6 Å². The van der Waals surface area contributed by atoms with Gasteiger partial charge in [0.2, 0.25) is 0 Å². The lowest BCUT2D eigenvalue weighted by Gasteiger charge is -2.10. The van der Waals surface area contributed by atoms with Gasteiger partial charge in [-0.15, -0.1) is 5.10 Å². The number of carboxylic acids is 1. The van der Waals surface area contributed by atoms with Crippen molar-refractivity contribution in [3.63, 3.8) is 0 Å². The van der Waals surface area contributed by atoms with Gasteiger partial charge in [0.15, 0.2) is 5.69 Å². The summed E-state index contributed by atoms with van der Waals surface area (Å²) in [5, 5.41) is 19.2. The molecule has 7 heteroatoms. The van der Waals surface area contributed by atoms with E-state index in [1.54, 1.807) is 6.26 Å². The minimum absolute atomic E-state index is 0.0471. The molecule has 0 amide bonds. The second-order valence-electron chi connectivity index (χ2n) is 3.86. The number of carboxylic acid groups (broad SMARTS) is 1. The summed E-state index contributed by atoms with van der Waals surface area (Å²) in [7, 11) is 0. The normalized spacial score (nSPS) is 12.5. The first-order chi connectivity index (χ1) is 8.66. The third-order valence-electron chi connectivity index (χ3n) is 2.52. The van der Waals surface area contributed by atoms with Crippen LogP contribution in [0, 0.1) is 0 Å². The van der Waals surface area contributed by atoms with Crippen LogP contribution in [0.2, 0.25) is 0 Å². The highest BCUT2D eigenvalue weighted by Crippen LogP contribution is 2.11. The fourth-order valence-corrected chi connectivity index (χ4v) is 1.54. The molecule has 2 rings (SSSR count). The standard InChI is InChI=1S/C11H14N4O3/c1-8(10-3-2-6-18-10)12-4-5-15-7-9(11(16)17)13-14-15/h2-3,6-8,12H,4-5H2,1H3,(H,16,17)/t8-/m1/s1. The Hall–Kier alpha value is -2.15. The van der Waals surface area contributed by atoms with Crippen LogP contribution in [0.3, 0.4) is 0 Å². The first-order valence-corrected chi connectivity index (χ1v) is 5.57. The molecule has 0 aliphatic heterocycles. The highest BCUT2D eigenvalue weighted by atomic mass is 16.4. The number of aromatic nitrogens is 3. The molecule has 0 saturated carbocycles. The number of nitrogens with one attached hydrogen (secondary N) is 1. The second-order valence-corrected chi connectivity index (χ2v) is 3.86. The molecule has 1 atom stereocenters. The number of carbonyl (C=O) groups is 1. The van der Waals surface area contributed by atoms with Gasteiger partial charge in [-0.25, -0.2) is 4.79 Å². The summed E-state index contributed by atoms with van der Waals surface area (Å²) < 4.78 is 6.75. The minimum atomic E-state index is -1.07. The van der Waals surface area contributed by atoms with Gasteiger partial charge in [-0.05, 0) is 19.1 Å². The highest BCUT2D eigenvalue weighted by Gasteiger charge is 2.09. The van der Waals surface area contributed by atoms with Crippen molar-refractivity contribution in [3.8, 4) is 0 Å². The Morgan fingerprint density at radius 3 is 3.11 bits per heavy atom. The fourth-order valence-electron chi connectivity index (χ4n) is 1.54. The van der Waals surface area contributed by atoms with Crippen molar-refractivity contribution in [2.45, 2.75) is 19.5 Å². The predicted molar refractivity (Wildman–Crippen MR) is 62.1 cm³/mol. The van der Waals surface area contributed by atoms with Crippen LogP contribution in [0.1, 0.15) is 29.2 Å². The number of nitrogens with zero attached hydrogens (tertiary/aromatic N) is 3. The van der Waals surface area contributed by atoms with Gasteiger partial charge >= 0.3 is 5.97 Å².